The fraction of sp³-hybridized carbons (Fsp3) is 0.533. The molecule has 104 valence electrons. The topological polar surface area (TPSA) is 52.6 Å². The predicted octanol–water partition coefficient (Wildman–Crippen LogP) is 1.15. The van der Waals surface area contributed by atoms with Gasteiger partial charge in [0.2, 0.25) is 5.91 Å². The minimum atomic E-state index is -0.488. The van der Waals surface area contributed by atoms with Crippen LogP contribution < -0.4 is 5.32 Å². The van der Waals surface area contributed by atoms with Crippen LogP contribution in [-0.2, 0) is 11.3 Å². The fourth-order valence-electron chi connectivity index (χ4n) is 2.87. The summed E-state index contributed by atoms with van der Waals surface area (Å²) in [6, 6.07) is 10.2. The van der Waals surface area contributed by atoms with E-state index < -0.39 is 6.10 Å². The Bertz CT molecular complexity index is 421. The molecule has 0 radical (unpaired) electrons. The molecule has 1 aromatic carbocycles. The van der Waals surface area contributed by atoms with Gasteiger partial charge >= 0.3 is 0 Å². The molecule has 0 bridgehead atoms. The first-order chi connectivity index (χ1) is 9.11. The quantitative estimate of drug-likeness (QED) is 0.856. The first kappa shape index (κ1) is 14.0. The summed E-state index contributed by atoms with van der Waals surface area (Å²) in [7, 11) is 0. The molecule has 1 aliphatic heterocycles. The van der Waals surface area contributed by atoms with Crippen molar-refractivity contribution in [3.8, 4) is 0 Å². The van der Waals surface area contributed by atoms with Gasteiger partial charge in [0.25, 0.3) is 0 Å². The van der Waals surface area contributed by atoms with Gasteiger partial charge in [-0.3, -0.25) is 9.69 Å². The van der Waals surface area contributed by atoms with Crippen molar-refractivity contribution in [2.75, 3.05) is 6.54 Å². The van der Waals surface area contributed by atoms with Crippen molar-refractivity contribution in [1.29, 1.82) is 0 Å². The number of carbonyl (C=O) groups excluding carboxylic acids is 1. The van der Waals surface area contributed by atoms with E-state index >= 15 is 0 Å². The summed E-state index contributed by atoms with van der Waals surface area (Å²) in [5.41, 5.74) is 1.23. The smallest absolute Gasteiger partial charge is 0.217 e. The highest BCUT2D eigenvalue weighted by Gasteiger charge is 2.39. The molecule has 0 aliphatic carbocycles. The number of aliphatic hydroxyl groups excluding tert-OH is 1. The van der Waals surface area contributed by atoms with Crippen LogP contribution in [0.3, 0.4) is 0 Å². The molecule has 1 heterocycles. The van der Waals surface area contributed by atoms with Crippen molar-refractivity contribution in [1.82, 2.24) is 10.2 Å². The van der Waals surface area contributed by atoms with Crippen molar-refractivity contribution in [2.24, 2.45) is 0 Å². The monoisotopic (exact) mass is 262 g/mol. The molecule has 1 amide bonds. The highest BCUT2D eigenvalue weighted by Crippen LogP contribution is 2.23. The van der Waals surface area contributed by atoms with Crippen molar-refractivity contribution in [3.63, 3.8) is 0 Å². The van der Waals surface area contributed by atoms with Gasteiger partial charge in [-0.15, -0.1) is 0 Å². The van der Waals surface area contributed by atoms with E-state index in [-0.39, 0.29) is 18.0 Å². The van der Waals surface area contributed by atoms with Crippen LogP contribution in [0.1, 0.15) is 25.8 Å². The van der Waals surface area contributed by atoms with Gasteiger partial charge in [-0.05, 0) is 12.0 Å². The third kappa shape index (κ3) is 3.33. The molecule has 0 unspecified atom stereocenters. The lowest BCUT2D eigenvalue weighted by atomic mass is 10.1. The van der Waals surface area contributed by atoms with Gasteiger partial charge in [0.1, 0.15) is 0 Å². The van der Waals surface area contributed by atoms with Crippen molar-refractivity contribution >= 4 is 5.91 Å². The Balaban J connectivity index is 2.05. The van der Waals surface area contributed by atoms with Crippen molar-refractivity contribution < 1.29 is 9.90 Å². The van der Waals surface area contributed by atoms with Crippen molar-refractivity contribution in [2.45, 2.75) is 45.0 Å². The van der Waals surface area contributed by atoms with Gasteiger partial charge in [0.15, 0.2) is 0 Å². The number of likely N-dealkylation sites (tertiary alicyclic amines) is 1. The minimum absolute atomic E-state index is 0.0829. The van der Waals surface area contributed by atoms with Crippen LogP contribution in [0.25, 0.3) is 0 Å². The second kappa shape index (κ2) is 6.17. The summed E-state index contributed by atoms with van der Waals surface area (Å²) in [4.78, 5) is 13.4. The Kier molecular flexibility index (Phi) is 4.56. The third-order valence-corrected chi connectivity index (χ3v) is 3.74. The molecule has 1 fully saturated rings. The molecule has 1 saturated heterocycles. The van der Waals surface area contributed by atoms with E-state index in [0.717, 1.165) is 13.0 Å². The van der Waals surface area contributed by atoms with Crippen LogP contribution in [0.5, 0.6) is 0 Å². The van der Waals surface area contributed by atoms with Gasteiger partial charge in [-0.2, -0.15) is 0 Å². The highest BCUT2D eigenvalue weighted by molar-refractivity contribution is 5.73. The molecule has 3 atom stereocenters. The summed E-state index contributed by atoms with van der Waals surface area (Å²) < 4.78 is 0. The summed E-state index contributed by atoms with van der Waals surface area (Å²) in [5.74, 6) is -0.0829. The molecular formula is C15H22N2O2. The van der Waals surface area contributed by atoms with Crippen LogP contribution in [0.4, 0.5) is 0 Å². The SMILES string of the molecule is CC[C@H]1[C@H](O)[C@@H](NC(C)=O)CN1Cc1ccccc1. The first-order valence-electron chi connectivity index (χ1n) is 6.85. The first-order valence-corrected chi connectivity index (χ1v) is 6.85. The summed E-state index contributed by atoms with van der Waals surface area (Å²) in [5, 5.41) is 13.1. The Morgan fingerprint density at radius 2 is 2.11 bits per heavy atom. The largest absolute Gasteiger partial charge is 0.389 e. The Hall–Kier alpha value is -1.39. The maximum absolute atomic E-state index is 11.2. The molecule has 0 saturated carbocycles. The van der Waals surface area contributed by atoms with Crippen molar-refractivity contribution in [3.05, 3.63) is 35.9 Å². The summed E-state index contributed by atoms with van der Waals surface area (Å²) >= 11 is 0. The van der Waals surface area contributed by atoms with Gasteiger partial charge in [0, 0.05) is 26.1 Å². The lowest BCUT2D eigenvalue weighted by Gasteiger charge is -2.24. The van der Waals surface area contributed by atoms with E-state index in [1.165, 1.54) is 12.5 Å². The second-order valence-electron chi connectivity index (χ2n) is 5.19. The van der Waals surface area contributed by atoms with E-state index in [2.05, 4.69) is 29.3 Å². The lowest BCUT2D eigenvalue weighted by molar-refractivity contribution is -0.120. The van der Waals surface area contributed by atoms with E-state index in [9.17, 15) is 9.90 Å². The molecule has 0 spiro atoms. The molecule has 1 aromatic rings. The molecule has 1 aliphatic rings. The Morgan fingerprint density at radius 1 is 1.42 bits per heavy atom. The van der Waals surface area contributed by atoms with Crippen LogP contribution in [0.15, 0.2) is 30.3 Å². The minimum Gasteiger partial charge on any atom is -0.389 e. The average molecular weight is 262 g/mol. The van der Waals surface area contributed by atoms with Crippen LogP contribution >= 0.6 is 0 Å². The number of hydrogen-bond donors (Lipinski definition) is 2. The van der Waals surface area contributed by atoms with E-state index in [0.29, 0.717) is 6.54 Å². The number of nitrogens with zero attached hydrogens (tertiary/aromatic N) is 1. The zero-order chi connectivity index (χ0) is 13.8. The number of aliphatic hydroxyl groups is 1. The third-order valence-electron chi connectivity index (χ3n) is 3.74. The number of nitrogens with one attached hydrogen (secondary N) is 1. The molecular weight excluding hydrogens is 240 g/mol. The van der Waals surface area contributed by atoms with Gasteiger partial charge in [-0.1, -0.05) is 37.3 Å². The number of benzene rings is 1. The standard InChI is InChI=1S/C15H22N2O2/c1-3-14-15(19)13(16-11(2)18)10-17(14)9-12-7-5-4-6-8-12/h4-8,13-15,19H,3,9-10H2,1-2H3,(H,16,18)/t13-,14-,15+/m0/s1. The van der Waals surface area contributed by atoms with Crippen LogP contribution in [-0.4, -0.2) is 40.6 Å². The van der Waals surface area contributed by atoms with Crippen LogP contribution in [0, 0.1) is 0 Å². The molecule has 2 N–H and O–H groups in total. The molecule has 19 heavy (non-hydrogen) atoms. The van der Waals surface area contributed by atoms with E-state index in [1.54, 1.807) is 0 Å². The molecule has 0 aromatic heterocycles. The molecule has 2 rings (SSSR count). The molecule has 4 nitrogen and oxygen atoms in total. The maximum atomic E-state index is 11.2. The predicted molar refractivity (Wildman–Crippen MR) is 74.5 cm³/mol. The van der Waals surface area contributed by atoms with Gasteiger partial charge < -0.3 is 10.4 Å². The Morgan fingerprint density at radius 3 is 2.68 bits per heavy atom. The zero-order valence-corrected chi connectivity index (χ0v) is 11.5. The Labute approximate surface area is 114 Å². The number of rotatable bonds is 4. The normalized spacial score (nSPS) is 27.4. The van der Waals surface area contributed by atoms with E-state index in [4.69, 9.17) is 0 Å². The summed E-state index contributed by atoms with van der Waals surface area (Å²) in [6.07, 6.45) is 0.391. The lowest BCUT2D eigenvalue weighted by Crippen LogP contribution is -2.43. The highest BCUT2D eigenvalue weighted by atomic mass is 16.3. The summed E-state index contributed by atoms with van der Waals surface area (Å²) in [6.45, 7) is 5.08. The van der Waals surface area contributed by atoms with Crippen LogP contribution in [0.2, 0.25) is 0 Å². The number of carbonyl (C=O) groups is 1. The maximum Gasteiger partial charge on any atom is 0.217 e. The fourth-order valence-corrected chi connectivity index (χ4v) is 2.87. The van der Waals surface area contributed by atoms with Gasteiger partial charge in [-0.25, -0.2) is 0 Å². The van der Waals surface area contributed by atoms with E-state index in [1.807, 2.05) is 18.2 Å². The van der Waals surface area contributed by atoms with Gasteiger partial charge in [0.05, 0.1) is 12.1 Å². The number of hydrogen-bond acceptors (Lipinski definition) is 3. The average Bonchev–Trinajstić information content (AvgIpc) is 2.66. The molecule has 4 heteroatoms. The number of amides is 1. The zero-order valence-electron chi connectivity index (χ0n) is 11.5. The second-order valence-corrected chi connectivity index (χ2v) is 5.19.